The van der Waals surface area contributed by atoms with E-state index in [1.54, 1.807) is 4.57 Å². The Balaban J connectivity index is 0.909. The quantitative estimate of drug-likeness (QED) is 0.0752. The van der Waals surface area contributed by atoms with Gasteiger partial charge in [0.1, 0.15) is 11.5 Å². The molecule has 112 heavy (non-hydrogen) atoms. The summed E-state index contributed by atoms with van der Waals surface area (Å²) in [7, 11) is -7.08. The van der Waals surface area contributed by atoms with Crippen LogP contribution in [0.5, 0.6) is 11.5 Å². The Morgan fingerprint density at radius 2 is 0.723 bits per heavy atom. The second-order valence-electron chi connectivity index (χ2n) is 30.5. The van der Waals surface area contributed by atoms with Crippen LogP contribution in [0.2, 0.25) is 0 Å². The minimum atomic E-state index is -3.54. The lowest BCUT2D eigenvalue weighted by molar-refractivity contribution is 0.487. The van der Waals surface area contributed by atoms with Crippen LogP contribution in [0.4, 0.5) is 17.1 Å². The molecule has 3 nitrogen and oxygen atoms in total. The number of aromatic nitrogens is 1. The molecule has 0 fully saturated rings. The van der Waals surface area contributed by atoms with E-state index in [1.165, 1.54) is 47.6 Å². The molecule has 3 heterocycles. The highest BCUT2D eigenvalue weighted by atomic mass is 28.3. The maximum Gasteiger partial charge on any atom is 0.256 e. The van der Waals surface area contributed by atoms with E-state index in [0.717, 1.165) is 94.6 Å². The fraction of sp³-hybridized carbons (Fsp3) is 0.0377. The predicted octanol–water partition coefficient (Wildman–Crippen LogP) is 19.6. The molecule has 1 aromatic heterocycles. The summed E-state index contributed by atoms with van der Waals surface area (Å²) >= 11 is 0. The minimum Gasteiger partial charge on any atom is -0.458 e. The van der Waals surface area contributed by atoms with Crippen LogP contribution in [0, 0.1) is 0 Å². The molecule has 20 rings (SSSR count). The third-order valence-electron chi connectivity index (χ3n) is 23.2. The molecule has 0 atom stereocenters. The van der Waals surface area contributed by atoms with Gasteiger partial charge in [-0.2, -0.15) is 0 Å². The topological polar surface area (TPSA) is 17.4 Å². The Bertz CT molecular complexity index is 6750. The van der Waals surface area contributed by atoms with E-state index in [-0.39, 0.29) is 57.4 Å². The van der Waals surface area contributed by atoms with E-state index in [1.807, 2.05) is 18.2 Å². The maximum absolute atomic E-state index is 9.90. The van der Waals surface area contributed by atoms with Gasteiger partial charge in [-0.25, -0.2) is 0 Å². The second kappa shape index (κ2) is 27.9. The summed E-state index contributed by atoms with van der Waals surface area (Å²) < 4.78 is 75.9. The molecule has 530 valence electrons. The first kappa shape index (κ1) is 60.5. The highest BCUT2D eigenvalue weighted by molar-refractivity contribution is 7.22. The molecule has 18 aromatic rings. The first-order chi connectivity index (χ1) is 58.1. The number of benzene rings is 17. The molecular weight excluding hydrogens is 1380 g/mol. The molecule has 0 amide bonds. The van der Waals surface area contributed by atoms with Gasteiger partial charge in [-0.05, 0) is 161 Å². The zero-order chi connectivity index (χ0) is 81.0. The molecule has 0 N–H and O–H groups in total. The molecule has 0 unspecified atom stereocenters. The van der Waals surface area contributed by atoms with Crippen molar-refractivity contribution in [1.82, 2.24) is 4.57 Å². The van der Waals surface area contributed by atoms with E-state index < -0.39 is 34.9 Å². The Hall–Kier alpha value is -13.4. The van der Waals surface area contributed by atoms with E-state index in [2.05, 4.69) is 384 Å². The summed E-state index contributed by atoms with van der Waals surface area (Å²) in [5.41, 5.74) is 17.6. The number of ether oxygens (including phenoxy) is 1. The third kappa shape index (κ3) is 11.5. The molecule has 6 heteroatoms. The number of hydrogen-bond acceptors (Lipinski definition) is 2. The van der Waals surface area contributed by atoms with Gasteiger partial charge < -0.3 is 14.2 Å². The van der Waals surface area contributed by atoms with Crippen LogP contribution in [0.25, 0.3) is 83.1 Å². The predicted molar refractivity (Wildman–Crippen MR) is 480 cm³/mol. The lowest BCUT2D eigenvalue weighted by atomic mass is 9.34. The lowest BCUT2D eigenvalue weighted by Gasteiger charge is -2.41. The summed E-state index contributed by atoms with van der Waals surface area (Å²) in [6, 6.07) is 137. The van der Waals surface area contributed by atoms with Crippen molar-refractivity contribution in [1.29, 1.82) is 0 Å². The summed E-state index contributed by atoms with van der Waals surface area (Å²) in [6.45, 7) is 6.22. The molecule has 17 aromatic carbocycles. The molecule has 2 aliphatic rings. The van der Waals surface area contributed by atoms with Crippen molar-refractivity contribution < 1.29 is 14.3 Å². The van der Waals surface area contributed by atoms with Crippen LogP contribution in [0.3, 0.4) is 0 Å². The van der Waals surface area contributed by atoms with Crippen molar-refractivity contribution in [2.75, 3.05) is 4.90 Å². The molecule has 0 saturated heterocycles. The van der Waals surface area contributed by atoms with Crippen LogP contribution in [-0.4, -0.2) is 27.4 Å². The molecule has 0 spiro atoms. The van der Waals surface area contributed by atoms with Crippen LogP contribution in [0.1, 0.15) is 35.9 Å². The number of fused-ring (bicyclic) bond motifs is 7. The standard InChI is InChI=1S/C106H79BN2OSi2/c1-106(2,3)83-60-63-100(95(70-83)77-40-18-7-19-41-77)109-101-62-59-80(76-38-16-6-17-39-76)68-97(101)107-96-61-58-81(69-103(96)110-104-72-84(71-102(109)105(104)107)108-98-56-30-28-54-93(98)94-55-29-31-57-99(94)108)82-66-91(111(85-44-20-8-21-45-85,86-46-22-9-23-47-86)89-52-32-42-78(64-89)74-34-12-4-13-35-74)73-92(67-82)112(87-48-24-10-25-49-87,88-50-26-11-27-51-88)90-53-33-43-79(65-90)75-36-14-5-15-37-75/h4-73H,1-3H3/i28D,29D,30D,31D,54D,56D,57D. The number of para-hydroxylation sites is 2. The van der Waals surface area contributed by atoms with E-state index in [9.17, 15) is 6.85 Å². The Labute approximate surface area is 668 Å². The SMILES string of the molecule is [2H]c1cc2c3c([2H])c([2H])c([2H])c([2H])c3n(-c3cc4c5c(c3)N(c3ccc(C(C)(C)C)cc3-c3ccccc3)c3ccc(-c6ccccc6)cc3B5c3ccc(-c5cc([Si](c6ccccc6)(c6ccccc6)c6cccc(-c7ccccc7)c6)cc([Si](c6ccccc6)(c6ccccc6)c6cccc(-c7ccccc7)c6)c5)cc3O4)c2c([2H])c1[2H]. The zero-order valence-electron chi connectivity index (χ0n) is 69.3. The largest absolute Gasteiger partial charge is 0.458 e. The first-order valence-corrected chi connectivity index (χ1v) is 42.5. The van der Waals surface area contributed by atoms with Crippen molar-refractivity contribution in [3.63, 3.8) is 0 Å². The van der Waals surface area contributed by atoms with Gasteiger partial charge >= 0.3 is 0 Å². The summed E-state index contributed by atoms with van der Waals surface area (Å²) in [5, 5.41) is 10.2. The van der Waals surface area contributed by atoms with Crippen LogP contribution in [-0.2, 0) is 5.41 Å². The number of hydrogen-bond donors (Lipinski definition) is 0. The average Bonchev–Trinajstić information content (AvgIpc) is 1.69. The minimum absolute atomic E-state index is 0.118. The monoisotopic (exact) mass is 1470 g/mol. The summed E-state index contributed by atoms with van der Waals surface area (Å²) in [4.78, 5) is 2.34. The summed E-state index contributed by atoms with van der Waals surface area (Å²) in [6.07, 6.45) is 0. The smallest absolute Gasteiger partial charge is 0.256 e. The molecule has 0 aliphatic carbocycles. The second-order valence-corrected chi connectivity index (χ2v) is 38.1. The number of nitrogens with zero attached hydrogens (tertiary/aromatic N) is 2. The Kier molecular flexibility index (Phi) is 15.1. The fourth-order valence-electron chi connectivity index (χ4n) is 18.0. The highest BCUT2D eigenvalue weighted by Crippen LogP contribution is 2.48. The molecule has 2 aliphatic heterocycles. The van der Waals surface area contributed by atoms with Crippen LogP contribution >= 0.6 is 0 Å². The molecular formula is C106H79BN2OSi2. The molecule has 0 saturated carbocycles. The average molecular weight is 1470 g/mol. The first-order valence-electron chi connectivity index (χ1n) is 42.0. The van der Waals surface area contributed by atoms with Gasteiger partial charge in [0, 0.05) is 33.8 Å². The van der Waals surface area contributed by atoms with Crippen molar-refractivity contribution in [2.24, 2.45) is 0 Å². The van der Waals surface area contributed by atoms with Gasteiger partial charge in [0.25, 0.3) is 6.71 Å². The van der Waals surface area contributed by atoms with Gasteiger partial charge in [0.15, 0.2) is 16.1 Å². The van der Waals surface area contributed by atoms with Crippen LogP contribution in [0.15, 0.2) is 424 Å². The summed E-state index contributed by atoms with van der Waals surface area (Å²) in [5.74, 6) is 1.11. The fourth-order valence-corrected chi connectivity index (χ4v) is 27.8. The van der Waals surface area contributed by atoms with Gasteiger partial charge in [-0.3, -0.25) is 0 Å². The Morgan fingerprint density at radius 3 is 1.25 bits per heavy atom. The lowest BCUT2D eigenvalue weighted by Crippen LogP contribution is -2.78. The van der Waals surface area contributed by atoms with E-state index in [4.69, 9.17) is 7.48 Å². The van der Waals surface area contributed by atoms with Crippen molar-refractivity contribution in [3.05, 3.63) is 430 Å². The van der Waals surface area contributed by atoms with E-state index in [0.29, 0.717) is 17.2 Å². The van der Waals surface area contributed by atoms with Crippen molar-refractivity contribution >= 4 is 120 Å². The maximum atomic E-state index is 9.90. The van der Waals surface area contributed by atoms with Gasteiger partial charge in [0.05, 0.1) is 32.0 Å². The van der Waals surface area contributed by atoms with Gasteiger partial charge in [-0.15, -0.1) is 0 Å². The van der Waals surface area contributed by atoms with Crippen molar-refractivity contribution in [2.45, 2.75) is 26.2 Å². The van der Waals surface area contributed by atoms with Crippen molar-refractivity contribution in [3.8, 4) is 72.8 Å². The van der Waals surface area contributed by atoms with Crippen LogP contribution < -0.4 is 67.5 Å². The highest BCUT2D eigenvalue weighted by Gasteiger charge is 2.48. The van der Waals surface area contributed by atoms with E-state index >= 15 is 0 Å². The number of anilines is 3. The van der Waals surface area contributed by atoms with Gasteiger partial charge in [0.2, 0.25) is 0 Å². The number of rotatable bonds is 15. The van der Waals surface area contributed by atoms with Gasteiger partial charge in [-0.1, -0.05) is 397 Å². The molecule has 0 radical (unpaired) electrons. The normalized spacial score (nSPS) is 13.3. The zero-order valence-corrected chi connectivity index (χ0v) is 64.3. The Morgan fingerprint density at radius 1 is 0.295 bits per heavy atom. The third-order valence-corrected chi connectivity index (χ3v) is 32.6. The molecule has 0 bridgehead atoms.